The van der Waals surface area contributed by atoms with Gasteiger partial charge in [-0.1, -0.05) is 0 Å². The minimum absolute atomic E-state index is 0.365. The van der Waals surface area contributed by atoms with Gasteiger partial charge in [0.05, 0.1) is 4.47 Å². The Balaban J connectivity index is 2.29. The maximum absolute atomic E-state index is 13.2. The number of halogens is 2. The molecule has 19 heavy (non-hydrogen) atoms. The van der Waals surface area contributed by atoms with Crippen molar-refractivity contribution in [2.75, 3.05) is 11.9 Å². The second-order valence-corrected chi connectivity index (χ2v) is 4.70. The van der Waals surface area contributed by atoms with Gasteiger partial charge >= 0.3 is 0 Å². The fraction of sp³-hybridized carbons (Fsp3) is 0.231. The van der Waals surface area contributed by atoms with Crippen molar-refractivity contribution in [2.24, 2.45) is 0 Å². The number of nitrogens with zero attached hydrogens (tertiary/aromatic N) is 2. The number of rotatable bonds is 4. The van der Waals surface area contributed by atoms with Crippen molar-refractivity contribution in [1.29, 1.82) is 0 Å². The average Bonchev–Trinajstić information content (AvgIpc) is 2.33. The van der Waals surface area contributed by atoms with Crippen LogP contribution >= 0.6 is 15.9 Å². The Kier molecular flexibility index (Phi) is 4.31. The first-order valence-electron chi connectivity index (χ1n) is 5.81. The summed E-state index contributed by atoms with van der Waals surface area (Å²) < 4.78 is 19.4. The minimum atomic E-state index is -0.365. The van der Waals surface area contributed by atoms with Gasteiger partial charge in [0.15, 0.2) is 0 Å². The summed E-state index contributed by atoms with van der Waals surface area (Å²) in [5, 5.41) is 3.08. The Bertz CT molecular complexity index is 592. The Morgan fingerprint density at radius 3 is 2.84 bits per heavy atom. The summed E-state index contributed by atoms with van der Waals surface area (Å²) in [6.45, 7) is 4.50. The van der Waals surface area contributed by atoms with Crippen molar-refractivity contribution in [1.82, 2.24) is 9.97 Å². The number of hydrogen-bond acceptors (Lipinski definition) is 4. The van der Waals surface area contributed by atoms with Crippen molar-refractivity contribution in [2.45, 2.75) is 13.8 Å². The van der Waals surface area contributed by atoms with E-state index in [1.54, 1.807) is 19.1 Å². The maximum Gasteiger partial charge on any atom is 0.224 e. The van der Waals surface area contributed by atoms with E-state index in [0.717, 1.165) is 6.54 Å². The largest absolute Gasteiger partial charge is 0.438 e. The molecular formula is C13H13BrFN3O. The predicted molar refractivity (Wildman–Crippen MR) is 75.1 cm³/mol. The smallest absolute Gasteiger partial charge is 0.224 e. The molecular weight excluding hydrogens is 313 g/mol. The summed E-state index contributed by atoms with van der Waals surface area (Å²) in [5.41, 5.74) is 0. The standard InChI is InChI=1S/C13H13BrFN3O/c1-3-16-12-7-13(18-8(2)17-12)19-11-6-9(15)4-5-10(11)14/h4-7H,3H2,1-2H3,(H,16,17,18). The topological polar surface area (TPSA) is 47.0 Å². The molecule has 0 radical (unpaired) electrons. The first kappa shape index (κ1) is 13.7. The van der Waals surface area contributed by atoms with Crippen molar-refractivity contribution >= 4 is 21.7 Å². The number of aryl methyl sites for hydroxylation is 1. The molecule has 1 N–H and O–H groups in total. The molecule has 6 heteroatoms. The Hall–Kier alpha value is -1.69. The van der Waals surface area contributed by atoms with Crippen LogP contribution in [0.25, 0.3) is 0 Å². The van der Waals surface area contributed by atoms with Gasteiger partial charge in [-0.2, -0.15) is 4.98 Å². The van der Waals surface area contributed by atoms with Gasteiger partial charge in [-0.3, -0.25) is 0 Å². The van der Waals surface area contributed by atoms with Crippen molar-refractivity contribution in [3.63, 3.8) is 0 Å². The lowest BCUT2D eigenvalue weighted by Crippen LogP contribution is -2.02. The number of anilines is 1. The highest BCUT2D eigenvalue weighted by molar-refractivity contribution is 9.10. The summed E-state index contributed by atoms with van der Waals surface area (Å²) in [6.07, 6.45) is 0. The fourth-order valence-corrected chi connectivity index (χ4v) is 1.86. The van der Waals surface area contributed by atoms with E-state index in [0.29, 0.717) is 27.7 Å². The zero-order chi connectivity index (χ0) is 13.8. The molecule has 1 aromatic heterocycles. The van der Waals surface area contributed by atoms with Gasteiger partial charge in [0.1, 0.15) is 23.2 Å². The van der Waals surface area contributed by atoms with E-state index in [1.165, 1.54) is 12.1 Å². The molecule has 1 heterocycles. The average molecular weight is 326 g/mol. The van der Waals surface area contributed by atoms with Crippen LogP contribution in [0, 0.1) is 12.7 Å². The molecule has 4 nitrogen and oxygen atoms in total. The van der Waals surface area contributed by atoms with Crippen LogP contribution in [0.15, 0.2) is 28.7 Å². The first-order valence-corrected chi connectivity index (χ1v) is 6.60. The number of ether oxygens (including phenoxy) is 1. The van der Waals surface area contributed by atoms with Crippen molar-refractivity contribution in [3.05, 3.63) is 40.4 Å². The Morgan fingerprint density at radius 1 is 1.32 bits per heavy atom. The summed E-state index contributed by atoms with van der Waals surface area (Å²) in [5.74, 6) is 1.64. The number of benzene rings is 1. The summed E-state index contributed by atoms with van der Waals surface area (Å²) in [4.78, 5) is 8.38. The molecule has 0 unspecified atom stereocenters. The molecule has 100 valence electrons. The molecule has 1 aromatic carbocycles. The van der Waals surface area contributed by atoms with E-state index in [9.17, 15) is 4.39 Å². The third kappa shape index (κ3) is 3.64. The molecule has 0 saturated carbocycles. The second-order valence-electron chi connectivity index (χ2n) is 3.85. The summed E-state index contributed by atoms with van der Waals surface area (Å²) >= 11 is 3.31. The van der Waals surface area contributed by atoms with Gasteiger partial charge in [-0.15, -0.1) is 0 Å². The molecule has 0 atom stereocenters. The zero-order valence-electron chi connectivity index (χ0n) is 10.6. The van der Waals surface area contributed by atoms with Crippen LogP contribution in [0.5, 0.6) is 11.6 Å². The number of nitrogens with one attached hydrogen (secondary N) is 1. The molecule has 0 aliphatic heterocycles. The highest BCUT2D eigenvalue weighted by Crippen LogP contribution is 2.30. The molecule has 0 amide bonds. The van der Waals surface area contributed by atoms with E-state index >= 15 is 0 Å². The van der Waals surface area contributed by atoms with E-state index in [2.05, 4.69) is 31.2 Å². The van der Waals surface area contributed by atoms with Crippen LogP contribution in [0.3, 0.4) is 0 Å². The SMILES string of the molecule is CCNc1cc(Oc2cc(F)ccc2Br)nc(C)n1. The van der Waals surface area contributed by atoms with Gasteiger partial charge in [0.25, 0.3) is 0 Å². The molecule has 0 aliphatic carbocycles. The van der Waals surface area contributed by atoms with Gasteiger partial charge in [-0.25, -0.2) is 9.37 Å². The molecule has 0 aliphatic rings. The van der Waals surface area contributed by atoms with E-state index in [-0.39, 0.29) is 5.82 Å². The van der Waals surface area contributed by atoms with Gasteiger partial charge in [0, 0.05) is 18.7 Å². The van der Waals surface area contributed by atoms with E-state index < -0.39 is 0 Å². The lowest BCUT2D eigenvalue weighted by molar-refractivity contribution is 0.452. The molecule has 0 fully saturated rings. The van der Waals surface area contributed by atoms with Crippen LogP contribution in [-0.4, -0.2) is 16.5 Å². The first-order chi connectivity index (χ1) is 9.08. The summed E-state index contributed by atoms with van der Waals surface area (Å²) in [6, 6.07) is 5.92. The van der Waals surface area contributed by atoms with E-state index in [1.807, 2.05) is 6.92 Å². The van der Waals surface area contributed by atoms with Gasteiger partial charge < -0.3 is 10.1 Å². The minimum Gasteiger partial charge on any atom is -0.438 e. The quantitative estimate of drug-likeness (QED) is 0.925. The zero-order valence-corrected chi connectivity index (χ0v) is 12.2. The third-order valence-corrected chi connectivity index (χ3v) is 2.94. The predicted octanol–water partition coefficient (Wildman–Crippen LogP) is 3.91. The van der Waals surface area contributed by atoms with Crippen LogP contribution in [0.2, 0.25) is 0 Å². The van der Waals surface area contributed by atoms with Crippen molar-refractivity contribution < 1.29 is 9.13 Å². The van der Waals surface area contributed by atoms with Crippen LogP contribution in [0.1, 0.15) is 12.7 Å². The van der Waals surface area contributed by atoms with Crippen LogP contribution in [0.4, 0.5) is 10.2 Å². The van der Waals surface area contributed by atoms with Crippen LogP contribution < -0.4 is 10.1 Å². The maximum atomic E-state index is 13.2. The lowest BCUT2D eigenvalue weighted by atomic mass is 10.3. The van der Waals surface area contributed by atoms with Gasteiger partial charge in [-0.05, 0) is 41.9 Å². The molecule has 0 bridgehead atoms. The fourth-order valence-electron chi connectivity index (χ4n) is 1.53. The molecule has 0 spiro atoms. The molecule has 2 aromatic rings. The van der Waals surface area contributed by atoms with Crippen LogP contribution in [-0.2, 0) is 0 Å². The molecule has 2 rings (SSSR count). The van der Waals surface area contributed by atoms with Crippen molar-refractivity contribution in [3.8, 4) is 11.6 Å². The number of hydrogen-bond donors (Lipinski definition) is 1. The Labute approximate surface area is 119 Å². The summed E-state index contributed by atoms with van der Waals surface area (Å²) in [7, 11) is 0. The third-order valence-electron chi connectivity index (χ3n) is 2.28. The number of aromatic nitrogens is 2. The highest BCUT2D eigenvalue weighted by Gasteiger charge is 2.07. The normalized spacial score (nSPS) is 10.3. The van der Waals surface area contributed by atoms with Gasteiger partial charge in [0.2, 0.25) is 5.88 Å². The second kappa shape index (κ2) is 5.97. The monoisotopic (exact) mass is 325 g/mol. The van der Waals surface area contributed by atoms with E-state index in [4.69, 9.17) is 4.74 Å². The highest BCUT2D eigenvalue weighted by atomic mass is 79.9. The lowest BCUT2D eigenvalue weighted by Gasteiger charge is -2.09. The Morgan fingerprint density at radius 2 is 2.11 bits per heavy atom. The molecule has 0 saturated heterocycles.